The van der Waals surface area contributed by atoms with Crippen molar-refractivity contribution in [1.29, 1.82) is 0 Å². The van der Waals surface area contributed by atoms with Crippen LogP contribution in [0.5, 0.6) is 11.5 Å². The normalized spacial score (nSPS) is 10.3. The van der Waals surface area contributed by atoms with Gasteiger partial charge < -0.3 is 14.3 Å². The monoisotopic (exact) mass is 289 g/mol. The van der Waals surface area contributed by atoms with Crippen molar-refractivity contribution in [3.05, 3.63) is 21.7 Å². The number of methoxy groups -OCH3 is 2. The second kappa shape index (κ2) is 6.08. The summed E-state index contributed by atoms with van der Waals surface area (Å²) in [7, 11) is 3.28. The Balaban J connectivity index is 3.18. The highest BCUT2D eigenvalue weighted by Gasteiger charge is 2.14. The molecule has 1 rings (SSSR count). The highest BCUT2D eigenvalue weighted by Crippen LogP contribution is 2.38. The van der Waals surface area contributed by atoms with Crippen molar-refractivity contribution in [3.8, 4) is 11.5 Å². The number of halogens is 1. The summed E-state index contributed by atoms with van der Waals surface area (Å²) >= 11 is 3.46. The van der Waals surface area contributed by atoms with Crippen LogP contribution in [-0.4, -0.2) is 20.8 Å². The second-order valence-corrected chi connectivity index (χ2v) is 4.18. The van der Waals surface area contributed by atoms with Crippen LogP contribution in [0.3, 0.4) is 0 Å². The molecule has 90 valence electrons. The van der Waals surface area contributed by atoms with Gasteiger partial charge in [-0.25, -0.2) is 5.90 Å². The maximum atomic E-state index is 5.37. The van der Waals surface area contributed by atoms with Crippen molar-refractivity contribution in [2.75, 3.05) is 20.8 Å². The largest absolute Gasteiger partial charge is 0.496 e. The predicted octanol–water partition coefficient (Wildman–Crippen LogP) is 2.21. The molecule has 0 bridgehead atoms. The van der Waals surface area contributed by atoms with Crippen LogP contribution in [0.2, 0.25) is 0 Å². The van der Waals surface area contributed by atoms with Gasteiger partial charge in [-0.2, -0.15) is 0 Å². The molecule has 0 aromatic heterocycles. The first-order valence-corrected chi connectivity index (χ1v) is 5.66. The van der Waals surface area contributed by atoms with E-state index in [1.54, 1.807) is 14.2 Å². The molecule has 2 N–H and O–H groups in total. The van der Waals surface area contributed by atoms with E-state index in [-0.39, 0.29) is 0 Å². The van der Waals surface area contributed by atoms with E-state index in [0.29, 0.717) is 13.0 Å². The lowest BCUT2D eigenvalue weighted by atomic mass is 10.1. The van der Waals surface area contributed by atoms with Crippen molar-refractivity contribution in [3.63, 3.8) is 0 Å². The molecule has 0 unspecified atom stereocenters. The fourth-order valence-corrected chi connectivity index (χ4v) is 2.43. The topological polar surface area (TPSA) is 53.7 Å². The van der Waals surface area contributed by atoms with Gasteiger partial charge in [0, 0.05) is 12.0 Å². The van der Waals surface area contributed by atoms with Crippen molar-refractivity contribution in [2.24, 2.45) is 5.90 Å². The minimum atomic E-state index is 0.453. The van der Waals surface area contributed by atoms with Gasteiger partial charge in [0.2, 0.25) is 0 Å². The van der Waals surface area contributed by atoms with Gasteiger partial charge in [0.05, 0.1) is 25.3 Å². The van der Waals surface area contributed by atoms with Gasteiger partial charge in [-0.15, -0.1) is 0 Å². The zero-order valence-electron chi connectivity index (χ0n) is 9.67. The Morgan fingerprint density at radius 1 is 1.25 bits per heavy atom. The lowest BCUT2D eigenvalue weighted by molar-refractivity contribution is 0.140. The standard InChI is InChI=1S/C11H16BrNO3/c1-7-10(14-2)8(4-5-16-13)6-9(12)11(7)15-3/h6H,4-5,13H2,1-3H3. The summed E-state index contributed by atoms with van der Waals surface area (Å²) in [6.07, 6.45) is 0.698. The highest BCUT2D eigenvalue weighted by atomic mass is 79.9. The lowest BCUT2D eigenvalue weighted by Crippen LogP contribution is -2.06. The first kappa shape index (κ1) is 13.3. The summed E-state index contributed by atoms with van der Waals surface area (Å²) in [5, 5.41) is 0. The average molecular weight is 290 g/mol. The van der Waals surface area contributed by atoms with Gasteiger partial charge in [0.25, 0.3) is 0 Å². The van der Waals surface area contributed by atoms with Gasteiger partial charge in [-0.1, -0.05) is 0 Å². The molecule has 0 fully saturated rings. The third kappa shape index (κ3) is 2.66. The molecule has 1 aromatic carbocycles. The Morgan fingerprint density at radius 3 is 2.38 bits per heavy atom. The van der Waals surface area contributed by atoms with E-state index < -0.39 is 0 Å². The molecule has 0 atom stereocenters. The number of rotatable bonds is 5. The van der Waals surface area contributed by atoms with Crippen molar-refractivity contribution < 1.29 is 14.3 Å². The summed E-state index contributed by atoms with van der Waals surface area (Å²) < 4.78 is 11.6. The van der Waals surface area contributed by atoms with E-state index in [0.717, 1.165) is 27.1 Å². The first-order valence-electron chi connectivity index (χ1n) is 4.87. The molecule has 0 spiro atoms. The van der Waals surface area contributed by atoms with Gasteiger partial charge in [0.1, 0.15) is 11.5 Å². The molecule has 0 saturated heterocycles. The molecular weight excluding hydrogens is 274 g/mol. The van der Waals surface area contributed by atoms with E-state index in [1.807, 2.05) is 13.0 Å². The Hall–Kier alpha value is -0.780. The smallest absolute Gasteiger partial charge is 0.139 e. The molecule has 0 aliphatic carbocycles. The van der Waals surface area contributed by atoms with Gasteiger partial charge in [-0.05, 0) is 34.5 Å². The van der Waals surface area contributed by atoms with Crippen LogP contribution in [-0.2, 0) is 11.3 Å². The van der Waals surface area contributed by atoms with Crippen molar-refractivity contribution >= 4 is 15.9 Å². The molecule has 0 radical (unpaired) electrons. The molecule has 16 heavy (non-hydrogen) atoms. The van der Waals surface area contributed by atoms with E-state index in [1.165, 1.54) is 0 Å². The lowest BCUT2D eigenvalue weighted by Gasteiger charge is -2.15. The first-order chi connectivity index (χ1) is 7.65. The van der Waals surface area contributed by atoms with Gasteiger partial charge in [-0.3, -0.25) is 0 Å². The third-order valence-corrected chi connectivity index (χ3v) is 2.98. The number of ether oxygens (including phenoxy) is 2. The zero-order valence-corrected chi connectivity index (χ0v) is 11.3. The van der Waals surface area contributed by atoms with Crippen LogP contribution in [0, 0.1) is 6.92 Å². The molecule has 4 nitrogen and oxygen atoms in total. The summed E-state index contributed by atoms with van der Waals surface area (Å²) in [5.41, 5.74) is 2.00. The van der Waals surface area contributed by atoms with Crippen LogP contribution in [0.4, 0.5) is 0 Å². The maximum Gasteiger partial charge on any atom is 0.139 e. The summed E-state index contributed by atoms with van der Waals surface area (Å²) in [4.78, 5) is 4.58. The Bertz CT molecular complexity index is 369. The molecule has 0 aliphatic rings. The SMILES string of the molecule is COc1c(Br)cc(CCON)c(OC)c1C. The van der Waals surface area contributed by atoms with E-state index in [2.05, 4.69) is 20.8 Å². The Kier molecular flexibility index (Phi) is 5.05. The summed E-state index contributed by atoms with van der Waals surface area (Å²) in [6.45, 7) is 2.41. The molecule has 0 amide bonds. The van der Waals surface area contributed by atoms with Crippen LogP contribution >= 0.6 is 15.9 Å². The highest BCUT2D eigenvalue weighted by molar-refractivity contribution is 9.10. The number of benzene rings is 1. The van der Waals surface area contributed by atoms with E-state index in [4.69, 9.17) is 15.4 Å². The predicted molar refractivity (Wildman–Crippen MR) is 65.8 cm³/mol. The van der Waals surface area contributed by atoms with Gasteiger partial charge >= 0.3 is 0 Å². The van der Waals surface area contributed by atoms with Crippen molar-refractivity contribution in [1.82, 2.24) is 0 Å². The molecule has 5 heteroatoms. The van der Waals surface area contributed by atoms with Gasteiger partial charge in [0.15, 0.2) is 0 Å². The molecular formula is C11H16BrNO3. The van der Waals surface area contributed by atoms with Crippen LogP contribution in [0.25, 0.3) is 0 Å². The quantitative estimate of drug-likeness (QED) is 0.845. The van der Waals surface area contributed by atoms with Crippen LogP contribution < -0.4 is 15.4 Å². The molecule has 0 heterocycles. The fourth-order valence-electron chi connectivity index (χ4n) is 1.70. The molecule has 1 aromatic rings. The molecule has 0 saturated carbocycles. The molecule has 0 aliphatic heterocycles. The number of hydrogen-bond acceptors (Lipinski definition) is 4. The van der Waals surface area contributed by atoms with E-state index >= 15 is 0 Å². The Labute approximate surface area is 104 Å². The zero-order chi connectivity index (χ0) is 12.1. The Morgan fingerprint density at radius 2 is 1.88 bits per heavy atom. The van der Waals surface area contributed by atoms with E-state index in [9.17, 15) is 0 Å². The third-order valence-electron chi connectivity index (χ3n) is 2.39. The summed E-state index contributed by atoms with van der Waals surface area (Å²) in [5.74, 6) is 6.63. The average Bonchev–Trinajstić information content (AvgIpc) is 2.26. The number of nitrogens with two attached hydrogens (primary N) is 1. The number of hydrogen-bond donors (Lipinski definition) is 1. The second-order valence-electron chi connectivity index (χ2n) is 3.33. The van der Waals surface area contributed by atoms with Crippen molar-refractivity contribution in [2.45, 2.75) is 13.3 Å². The maximum absolute atomic E-state index is 5.37. The van der Waals surface area contributed by atoms with Crippen LogP contribution in [0.15, 0.2) is 10.5 Å². The minimum absolute atomic E-state index is 0.453. The van der Waals surface area contributed by atoms with Crippen LogP contribution in [0.1, 0.15) is 11.1 Å². The minimum Gasteiger partial charge on any atom is -0.496 e. The fraction of sp³-hybridized carbons (Fsp3) is 0.455. The summed E-state index contributed by atoms with van der Waals surface area (Å²) in [6, 6.07) is 1.96.